The Morgan fingerprint density at radius 2 is 1.86 bits per heavy atom. The van der Waals surface area contributed by atoms with Gasteiger partial charge in [-0.3, -0.25) is 14.3 Å². The highest BCUT2D eigenvalue weighted by Crippen LogP contribution is 2.26. The molecule has 2 aromatic rings. The van der Waals surface area contributed by atoms with E-state index in [9.17, 15) is 18.7 Å². The van der Waals surface area contributed by atoms with Crippen LogP contribution in [0.15, 0.2) is 42.5 Å². The fourth-order valence-corrected chi connectivity index (χ4v) is 3.26. The van der Waals surface area contributed by atoms with Gasteiger partial charge in [-0.05, 0) is 12.1 Å². The van der Waals surface area contributed by atoms with Gasteiger partial charge in [0.05, 0.1) is 23.5 Å². The molecule has 0 aliphatic heterocycles. The molecule has 0 bridgehead atoms. The largest absolute Gasteiger partial charge is 0.496 e. The summed E-state index contributed by atoms with van der Waals surface area (Å²) >= 11 is 0. The van der Waals surface area contributed by atoms with Crippen molar-refractivity contribution in [2.75, 3.05) is 7.11 Å². The van der Waals surface area contributed by atoms with Gasteiger partial charge in [-0.15, -0.1) is 0 Å². The number of halogens is 1. The normalized spacial score (nSPS) is 11.9. The second kappa shape index (κ2) is 7.13. The molecule has 0 unspecified atom stereocenters. The lowest BCUT2D eigenvalue weighted by Crippen LogP contribution is -2.03. The Balaban J connectivity index is 2.19. The van der Waals surface area contributed by atoms with Crippen LogP contribution in [0.25, 0.3) is 0 Å². The summed E-state index contributed by atoms with van der Waals surface area (Å²) in [5.74, 6) is 0.104. The van der Waals surface area contributed by atoms with Crippen molar-refractivity contribution >= 4 is 16.5 Å². The number of hydrogen-bond acceptors (Lipinski definition) is 4. The number of nitro benzene ring substituents is 1. The van der Waals surface area contributed by atoms with Crippen molar-refractivity contribution in [3.63, 3.8) is 0 Å². The summed E-state index contributed by atoms with van der Waals surface area (Å²) in [7, 11) is 0.0267. The van der Waals surface area contributed by atoms with Gasteiger partial charge in [0.1, 0.15) is 11.6 Å². The van der Waals surface area contributed by atoms with Gasteiger partial charge in [0.25, 0.3) is 5.69 Å². The van der Waals surface area contributed by atoms with E-state index in [1.807, 2.05) is 0 Å². The Kier molecular flexibility index (Phi) is 5.21. The average Bonchev–Trinajstić information content (AvgIpc) is 2.49. The summed E-state index contributed by atoms with van der Waals surface area (Å²) < 4.78 is 30.9. The van der Waals surface area contributed by atoms with Crippen LogP contribution in [0, 0.1) is 15.9 Å². The quantitative estimate of drug-likeness (QED) is 0.605. The van der Waals surface area contributed by atoms with Crippen LogP contribution < -0.4 is 4.74 Å². The molecule has 0 spiro atoms. The van der Waals surface area contributed by atoms with Gasteiger partial charge in [-0.2, -0.15) is 0 Å². The van der Waals surface area contributed by atoms with E-state index < -0.39 is 21.5 Å². The van der Waals surface area contributed by atoms with E-state index in [-0.39, 0.29) is 17.2 Å². The minimum atomic E-state index is -1.41. The number of nitrogens with zero attached hydrogens (tertiary/aromatic N) is 1. The molecule has 0 radical (unpaired) electrons. The Labute approximate surface area is 129 Å². The van der Waals surface area contributed by atoms with E-state index >= 15 is 0 Å². The second-order valence-corrected chi connectivity index (χ2v) is 6.03. The van der Waals surface area contributed by atoms with Crippen molar-refractivity contribution < 1.29 is 18.3 Å². The van der Waals surface area contributed by atoms with Crippen LogP contribution in [-0.2, 0) is 22.3 Å². The molecule has 0 fully saturated rings. The maximum absolute atomic E-state index is 13.6. The predicted molar refractivity (Wildman–Crippen MR) is 81.6 cm³/mol. The molecule has 1 atom stereocenters. The number of methoxy groups -OCH3 is 1. The van der Waals surface area contributed by atoms with Gasteiger partial charge in [0.15, 0.2) is 0 Å². The molecule has 7 heteroatoms. The smallest absolute Gasteiger partial charge is 0.270 e. The number of hydrogen-bond donors (Lipinski definition) is 0. The van der Waals surface area contributed by atoms with Crippen molar-refractivity contribution in [2.45, 2.75) is 11.5 Å². The molecule has 0 amide bonds. The first-order valence-corrected chi connectivity index (χ1v) is 7.89. The van der Waals surface area contributed by atoms with Crippen LogP contribution in [0.3, 0.4) is 0 Å². The zero-order chi connectivity index (χ0) is 16.1. The third-order valence-electron chi connectivity index (χ3n) is 3.07. The molecule has 22 heavy (non-hydrogen) atoms. The van der Waals surface area contributed by atoms with Gasteiger partial charge in [0, 0.05) is 34.1 Å². The van der Waals surface area contributed by atoms with E-state index in [0.717, 1.165) is 0 Å². The van der Waals surface area contributed by atoms with E-state index in [0.29, 0.717) is 16.9 Å². The lowest BCUT2D eigenvalue weighted by Gasteiger charge is -2.08. The van der Waals surface area contributed by atoms with Gasteiger partial charge in [-0.25, -0.2) is 4.39 Å². The van der Waals surface area contributed by atoms with Gasteiger partial charge < -0.3 is 4.74 Å². The minimum Gasteiger partial charge on any atom is -0.496 e. The summed E-state index contributed by atoms with van der Waals surface area (Å²) in [6.07, 6.45) is 0. The first-order valence-electron chi connectivity index (χ1n) is 6.41. The molecule has 0 heterocycles. The fraction of sp³-hybridized carbons (Fsp3) is 0.200. The zero-order valence-electron chi connectivity index (χ0n) is 11.8. The number of rotatable bonds is 6. The van der Waals surface area contributed by atoms with E-state index in [1.54, 1.807) is 18.2 Å². The van der Waals surface area contributed by atoms with Gasteiger partial charge in [0.2, 0.25) is 0 Å². The van der Waals surface area contributed by atoms with Crippen LogP contribution in [0.2, 0.25) is 0 Å². The van der Waals surface area contributed by atoms with Crippen LogP contribution in [0.1, 0.15) is 11.1 Å². The summed E-state index contributed by atoms with van der Waals surface area (Å²) in [5, 5.41) is 10.8. The molecule has 0 aliphatic carbocycles. The molecule has 5 nitrogen and oxygen atoms in total. The van der Waals surface area contributed by atoms with Crippen LogP contribution in [0.4, 0.5) is 10.1 Å². The molecule has 0 aromatic heterocycles. The lowest BCUT2D eigenvalue weighted by atomic mass is 10.2. The monoisotopic (exact) mass is 323 g/mol. The maximum Gasteiger partial charge on any atom is 0.270 e. The highest BCUT2D eigenvalue weighted by Gasteiger charge is 2.15. The molecule has 0 saturated carbocycles. The average molecular weight is 323 g/mol. The first-order chi connectivity index (χ1) is 10.5. The van der Waals surface area contributed by atoms with Crippen LogP contribution in [-0.4, -0.2) is 16.2 Å². The highest BCUT2D eigenvalue weighted by atomic mass is 32.2. The molecule has 2 rings (SSSR count). The number of benzene rings is 2. The third-order valence-corrected chi connectivity index (χ3v) is 4.33. The Bertz CT molecular complexity index is 720. The van der Waals surface area contributed by atoms with Crippen molar-refractivity contribution in [1.29, 1.82) is 0 Å². The zero-order valence-corrected chi connectivity index (χ0v) is 12.6. The second-order valence-electron chi connectivity index (χ2n) is 4.57. The van der Waals surface area contributed by atoms with E-state index in [4.69, 9.17) is 4.74 Å². The number of non-ortho nitro benzene ring substituents is 1. The number of nitro groups is 1. The SMILES string of the molecule is COc1ccc([N+](=O)[O-])cc1C[S@@](=O)Cc1ccccc1F. The third kappa shape index (κ3) is 3.88. The van der Waals surface area contributed by atoms with Crippen molar-refractivity contribution in [3.05, 3.63) is 69.5 Å². The Morgan fingerprint density at radius 1 is 1.18 bits per heavy atom. The van der Waals surface area contributed by atoms with Gasteiger partial charge in [-0.1, -0.05) is 18.2 Å². The number of ether oxygens (including phenoxy) is 1. The maximum atomic E-state index is 13.6. The predicted octanol–water partition coefficient (Wildman–Crippen LogP) is 3.19. The van der Waals surface area contributed by atoms with Crippen molar-refractivity contribution in [1.82, 2.24) is 0 Å². The topological polar surface area (TPSA) is 69.4 Å². The molecule has 116 valence electrons. The molecule has 0 N–H and O–H groups in total. The standard InChI is InChI=1S/C15H14FNO4S/c1-21-15-7-6-13(17(18)19)8-12(15)10-22(20)9-11-4-2-3-5-14(11)16/h2-8H,9-10H2,1H3/t22-/m0/s1. The molecular weight excluding hydrogens is 309 g/mol. The molecule has 0 aliphatic rings. The first kappa shape index (κ1) is 16.1. The molecule has 2 aromatic carbocycles. The fourth-order valence-electron chi connectivity index (χ4n) is 2.00. The summed E-state index contributed by atoms with van der Waals surface area (Å²) in [4.78, 5) is 10.3. The summed E-state index contributed by atoms with van der Waals surface area (Å²) in [6.45, 7) is 0. The Morgan fingerprint density at radius 3 is 2.50 bits per heavy atom. The molecular formula is C15H14FNO4S. The van der Waals surface area contributed by atoms with Crippen molar-refractivity contribution in [2.24, 2.45) is 0 Å². The summed E-state index contributed by atoms with van der Waals surface area (Å²) in [5.41, 5.74) is 0.718. The Hall–Kier alpha value is -2.28. The van der Waals surface area contributed by atoms with Crippen molar-refractivity contribution in [3.8, 4) is 5.75 Å². The van der Waals surface area contributed by atoms with E-state index in [2.05, 4.69) is 0 Å². The van der Waals surface area contributed by atoms with Crippen LogP contribution in [0.5, 0.6) is 5.75 Å². The van der Waals surface area contributed by atoms with Gasteiger partial charge >= 0.3 is 0 Å². The summed E-state index contributed by atoms with van der Waals surface area (Å²) in [6, 6.07) is 10.2. The van der Waals surface area contributed by atoms with Crippen LogP contribution >= 0.6 is 0 Å². The highest BCUT2D eigenvalue weighted by molar-refractivity contribution is 7.83. The lowest BCUT2D eigenvalue weighted by molar-refractivity contribution is -0.384. The minimum absolute atomic E-state index is 0.0402. The molecule has 0 saturated heterocycles. The van der Waals surface area contributed by atoms with E-state index in [1.165, 1.54) is 31.4 Å².